The van der Waals surface area contributed by atoms with Crippen LogP contribution in [-0.4, -0.2) is 24.7 Å². The van der Waals surface area contributed by atoms with Gasteiger partial charge in [0.15, 0.2) is 0 Å². The minimum absolute atomic E-state index is 0.173. The van der Waals surface area contributed by atoms with Crippen molar-refractivity contribution in [3.63, 3.8) is 0 Å². The molecule has 23 heavy (non-hydrogen) atoms. The largest absolute Gasteiger partial charge is 0.305 e. The van der Waals surface area contributed by atoms with E-state index >= 15 is 0 Å². The van der Waals surface area contributed by atoms with Crippen molar-refractivity contribution < 1.29 is 4.39 Å². The van der Waals surface area contributed by atoms with Crippen LogP contribution in [0.2, 0.25) is 0 Å². The van der Waals surface area contributed by atoms with Gasteiger partial charge in [-0.3, -0.25) is 4.90 Å². The second-order valence-corrected chi connectivity index (χ2v) is 5.90. The minimum atomic E-state index is -0.265. The monoisotopic (exact) mass is 308 g/mol. The summed E-state index contributed by atoms with van der Waals surface area (Å²) in [6.45, 7) is 3.76. The lowest BCUT2D eigenvalue weighted by molar-refractivity contribution is 0.360. The third kappa shape index (κ3) is 3.49. The summed E-state index contributed by atoms with van der Waals surface area (Å²) in [7, 11) is 3.87. The molecule has 2 aromatic carbocycles. The third-order valence-corrected chi connectivity index (χ3v) is 4.00. The summed E-state index contributed by atoms with van der Waals surface area (Å²) in [5, 5.41) is 8.05. The van der Waals surface area contributed by atoms with Crippen LogP contribution in [0.4, 0.5) is 4.39 Å². The molecule has 0 saturated carbocycles. The van der Waals surface area contributed by atoms with Crippen molar-refractivity contribution in [3.05, 3.63) is 58.9 Å². The second-order valence-electron chi connectivity index (χ2n) is 5.90. The fraction of sp³-hybridized carbons (Fsp3) is 0.250. The first-order valence-corrected chi connectivity index (χ1v) is 7.43. The maximum absolute atomic E-state index is 13.2. The van der Waals surface area contributed by atoms with Crippen molar-refractivity contribution in [1.29, 1.82) is 5.41 Å². The van der Waals surface area contributed by atoms with Gasteiger partial charge in [0.2, 0.25) is 0 Å². The molecule has 0 saturated heterocycles. The lowest BCUT2D eigenvalue weighted by atomic mass is 9.90. The maximum atomic E-state index is 13.2. The molecule has 0 bridgehead atoms. The standard InChI is InChI=1S/C20H21FN2/c1-6-20(23(4)5)19-12-16(11-18(13(19)2)14(3)22)15-7-9-17(21)10-8-15/h1,7-12,20,22H,2-5H3. The Labute approximate surface area is 137 Å². The van der Waals surface area contributed by atoms with Gasteiger partial charge in [0, 0.05) is 5.71 Å². The molecule has 2 aromatic rings. The molecule has 1 unspecified atom stereocenters. The van der Waals surface area contributed by atoms with Gasteiger partial charge in [0.1, 0.15) is 5.82 Å². The summed E-state index contributed by atoms with van der Waals surface area (Å²) >= 11 is 0. The van der Waals surface area contributed by atoms with Crippen LogP contribution >= 0.6 is 0 Å². The average Bonchev–Trinajstić information content (AvgIpc) is 2.49. The first-order chi connectivity index (χ1) is 10.8. The zero-order valence-corrected chi connectivity index (χ0v) is 13.9. The van der Waals surface area contributed by atoms with E-state index in [9.17, 15) is 4.39 Å². The number of terminal acetylenes is 1. The number of nitrogens with one attached hydrogen (secondary N) is 1. The van der Waals surface area contributed by atoms with Crippen molar-refractivity contribution in [2.24, 2.45) is 0 Å². The van der Waals surface area contributed by atoms with E-state index in [1.54, 1.807) is 19.1 Å². The summed E-state index contributed by atoms with van der Waals surface area (Å²) in [6.07, 6.45) is 5.71. The molecule has 0 spiro atoms. The van der Waals surface area contributed by atoms with Crippen LogP contribution in [0.3, 0.4) is 0 Å². The van der Waals surface area contributed by atoms with Crippen LogP contribution in [0.15, 0.2) is 36.4 Å². The number of rotatable bonds is 4. The van der Waals surface area contributed by atoms with Gasteiger partial charge in [0.25, 0.3) is 0 Å². The molecule has 3 heteroatoms. The van der Waals surface area contributed by atoms with Gasteiger partial charge in [-0.05, 0) is 80.0 Å². The summed E-state index contributed by atoms with van der Waals surface area (Å²) < 4.78 is 13.2. The first kappa shape index (κ1) is 16.9. The van der Waals surface area contributed by atoms with Gasteiger partial charge in [-0.25, -0.2) is 4.39 Å². The number of benzene rings is 2. The van der Waals surface area contributed by atoms with Crippen molar-refractivity contribution in [2.75, 3.05) is 14.1 Å². The van der Waals surface area contributed by atoms with Crippen LogP contribution in [0, 0.1) is 30.5 Å². The van der Waals surface area contributed by atoms with Crippen LogP contribution in [0.25, 0.3) is 11.1 Å². The smallest absolute Gasteiger partial charge is 0.123 e. The molecule has 1 N–H and O–H groups in total. The van der Waals surface area contributed by atoms with Crippen LogP contribution in [-0.2, 0) is 0 Å². The molecular weight excluding hydrogens is 287 g/mol. The van der Waals surface area contributed by atoms with E-state index in [0.29, 0.717) is 5.71 Å². The summed E-state index contributed by atoms with van der Waals surface area (Å²) in [6, 6.07) is 10.2. The highest BCUT2D eigenvalue weighted by Crippen LogP contribution is 2.31. The van der Waals surface area contributed by atoms with Crippen molar-refractivity contribution in [2.45, 2.75) is 19.9 Å². The van der Waals surface area contributed by atoms with Crippen LogP contribution in [0.5, 0.6) is 0 Å². The Bertz CT molecular complexity index is 767. The Kier molecular flexibility index (Phi) is 4.98. The van der Waals surface area contributed by atoms with Crippen molar-refractivity contribution in [1.82, 2.24) is 4.90 Å². The molecule has 2 rings (SSSR count). The Morgan fingerprint density at radius 3 is 2.26 bits per heavy atom. The Balaban J connectivity index is 2.70. The van der Waals surface area contributed by atoms with Crippen molar-refractivity contribution >= 4 is 5.71 Å². The van der Waals surface area contributed by atoms with Gasteiger partial charge in [-0.1, -0.05) is 18.1 Å². The van der Waals surface area contributed by atoms with Gasteiger partial charge >= 0.3 is 0 Å². The fourth-order valence-electron chi connectivity index (χ4n) is 2.74. The van der Waals surface area contributed by atoms with E-state index < -0.39 is 0 Å². The average molecular weight is 308 g/mol. The van der Waals surface area contributed by atoms with Crippen LogP contribution < -0.4 is 0 Å². The molecule has 0 aliphatic heterocycles. The molecule has 118 valence electrons. The first-order valence-electron chi connectivity index (χ1n) is 7.43. The zero-order chi connectivity index (χ0) is 17.1. The highest BCUT2D eigenvalue weighted by Gasteiger charge is 2.18. The lowest BCUT2D eigenvalue weighted by Crippen LogP contribution is -2.20. The topological polar surface area (TPSA) is 27.1 Å². The summed E-state index contributed by atoms with van der Waals surface area (Å²) in [5.74, 6) is 2.54. The summed E-state index contributed by atoms with van der Waals surface area (Å²) in [4.78, 5) is 1.97. The normalized spacial score (nSPS) is 12.0. The zero-order valence-electron chi connectivity index (χ0n) is 13.9. The predicted molar refractivity (Wildman–Crippen MR) is 94.3 cm³/mol. The lowest BCUT2D eigenvalue weighted by Gasteiger charge is -2.23. The number of halogens is 1. The molecule has 0 aliphatic rings. The molecule has 0 fully saturated rings. The Hall–Kier alpha value is -2.44. The Morgan fingerprint density at radius 2 is 1.78 bits per heavy atom. The third-order valence-electron chi connectivity index (χ3n) is 4.00. The highest BCUT2D eigenvalue weighted by atomic mass is 19.1. The molecular formula is C20H21FN2. The SMILES string of the molecule is C#CC(c1cc(-c2ccc(F)cc2)cc(C(C)=N)c1C)N(C)C. The van der Waals surface area contributed by atoms with Gasteiger partial charge in [-0.2, -0.15) is 0 Å². The molecule has 0 amide bonds. The molecule has 0 heterocycles. The molecule has 2 nitrogen and oxygen atoms in total. The van der Waals surface area contributed by atoms with Gasteiger partial charge < -0.3 is 5.41 Å². The highest BCUT2D eigenvalue weighted by molar-refractivity contribution is 5.99. The van der Waals surface area contributed by atoms with Crippen LogP contribution in [0.1, 0.15) is 29.7 Å². The van der Waals surface area contributed by atoms with E-state index in [2.05, 4.69) is 5.92 Å². The molecule has 0 aliphatic carbocycles. The number of nitrogens with zero attached hydrogens (tertiary/aromatic N) is 1. The molecule has 0 aromatic heterocycles. The van der Waals surface area contributed by atoms with E-state index in [-0.39, 0.29) is 11.9 Å². The Morgan fingerprint density at radius 1 is 1.17 bits per heavy atom. The maximum Gasteiger partial charge on any atom is 0.123 e. The van der Waals surface area contributed by atoms with Gasteiger partial charge in [-0.15, -0.1) is 6.42 Å². The van der Waals surface area contributed by atoms with E-state index in [0.717, 1.165) is 27.8 Å². The van der Waals surface area contributed by atoms with Gasteiger partial charge in [0.05, 0.1) is 6.04 Å². The van der Waals surface area contributed by atoms with Crippen molar-refractivity contribution in [3.8, 4) is 23.5 Å². The molecule has 1 atom stereocenters. The summed E-state index contributed by atoms with van der Waals surface area (Å²) in [5.41, 5.74) is 5.21. The quantitative estimate of drug-likeness (QED) is 0.657. The fourth-order valence-corrected chi connectivity index (χ4v) is 2.74. The van der Waals surface area contributed by atoms with E-state index in [4.69, 9.17) is 11.8 Å². The van der Waals surface area contributed by atoms with E-state index in [1.165, 1.54) is 12.1 Å². The van der Waals surface area contributed by atoms with E-state index in [1.807, 2.05) is 38.1 Å². The number of hydrogen-bond acceptors (Lipinski definition) is 2. The minimum Gasteiger partial charge on any atom is -0.305 e. The predicted octanol–water partition coefficient (Wildman–Crippen LogP) is 4.42. The second kappa shape index (κ2) is 6.76. The number of hydrogen-bond donors (Lipinski definition) is 1. The molecule has 0 radical (unpaired) electrons.